The van der Waals surface area contributed by atoms with Crippen molar-refractivity contribution in [3.63, 3.8) is 0 Å². The zero-order chi connectivity index (χ0) is 30.5. The summed E-state index contributed by atoms with van der Waals surface area (Å²) in [5.74, 6) is 0.235. The summed E-state index contributed by atoms with van der Waals surface area (Å²) < 4.78 is 4.84. The summed E-state index contributed by atoms with van der Waals surface area (Å²) in [6.07, 6.45) is 7.77. The number of nitrogens with zero attached hydrogens (tertiary/aromatic N) is 2. The molecule has 8 aromatic rings. The summed E-state index contributed by atoms with van der Waals surface area (Å²) in [5.41, 5.74) is 13.0. The predicted octanol–water partition coefficient (Wildman–Crippen LogP) is 11.1. The Morgan fingerprint density at radius 2 is 0.978 bits per heavy atom. The van der Waals surface area contributed by atoms with E-state index in [9.17, 15) is 0 Å². The number of fused-ring (bicyclic) bond motifs is 6. The molecular formula is C44H34N2. The summed E-state index contributed by atoms with van der Waals surface area (Å²) in [6, 6.07) is 55.8. The molecule has 0 saturated heterocycles. The summed E-state index contributed by atoms with van der Waals surface area (Å²) in [6.45, 7) is 0. The fourth-order valence-corrected chi connectivity index (χ4v) is 7.66. The van der Waals surface area contributed by atoms with Gasteiger partial charge in [-0.05, 0) is 90.1 Å². The van der Waals surface area contributed by atoms with Crippen molar-refractivity contribution in [1.29, 1.82) is 0 Å². The second-order valence-corrected chi connectivity index (χ2v) is 12.5. The lowest BCUT2D eigenvalue weighted by atomic mass is 9.86. The fraction of sp³-hybridized carbons (Fsp3) is 0.0909. The average molecular weight is 591 g/mol. The molecule has 46 heavy (non-hydrogen) atoms. The molecule has 1 unspecified atom stereocenters. The van der Waals surface area contributed by atoms with Crippen LogP contribution in [0.3, 0.4) is 0 Å². The van der Waals surface area contributed by atoms with E-state index < -0.39 is 0 Å². The maximum absolute atomic E-state index is 2.44. The first-order chi connectivity index (χ1) is 22.8. The fourth-order valence-electron chi connectivity index (χ4n) is 7.66. The van der Waals surface area contributed by atoms with Crippen LogP contribution in [0.1, 0.15) is 40.3 Å². The molecule has 1 aliphatic carbocycles. The molecular weight excluding hydrogens is 556 g/mol. The topological polar surface area (TPSA) is 9.86 Å². The molecule has 0 fully saturated rings. The van der Waals surface area contributed by atoms with Gasteiger partial charge in [0.25, 0.3) is 0 Å². The molecule has 220 valence electrons. The molecule has 0 N–H and O–H groups in total. The van der Waals surface area contributed by atoms with Gasteiger partial charge >= 0.3 is 0 Å². The Balaban J connectivity index is 1.12. The molecule has 0 aliphatic heterocycles. The minimum atomic E-state index is 0.235. The standard InChI is InChI=1S/C44H34N2/c1-2-12-31(13-3-1)30-40(32-22-26-34(27-23-32)45-41-18-8-4-14-36(41)37-15-5-9-19-42(37)45)33-24-28-35(29-25-33)46-43-20-10-6-16-38(43)39-17-7-11-21-44(39)46/h1-6,8-16,18-29,40H,7,17,30H2. The van der Waals surface area contributed by atoms with Gasteiger partial charge in [-0.15, -0.1) is 0 Å². The Morgan fingerprint density at radius 3 is 1.59 bits per heavy atom. The summed E-state index contributed by atoms with van der Waals surface area (Å²) in [4.78, 5) is 0. The first-order valence-electron chi connectivity index (χ1n) is 16.4. The van der Waals surface area contributed by atoms with Crippen LogP contribution in [0.2, 0.25) is 0 Å². The van der Waals surface area contributed by atoms with Crippen molar-refractivity contribution in [2.45, 2.75) is 25.2 Å². The van der Waals surface area contributed by atoms with Crippen molar-refractivity contribution in [3.05, 3.63) is 186 Å². The highest BCUT2D eigenvalue weighted by Crippen LogP contribution is 2.36. The van der Waals surface area contributed by atoms with Crippen LogP contribution in [0.25, 0.3) is 50.2 Å². The molecule has 0 amide bonds. The van der Waals surface area contributed by atoms with E-state index in [4.69, 9.17) is 0 Å². The molecule has 1 atom stereocenters. The third-order valence-corrected chi connectivity index (χ3v) is 9.83. The van der Waals surface area contributed by atoms with Gasteiger partial charge in [0.15, 0.2) is 0 Å². The molecule has 6 aromatic carbocycles. The van der Waals surface area contributed by atoms with E-state index in [-0.39, 0.29) is 5.92 Å². The van der Waals surface area contributed by atoms with Crippen molar-refractivity contribution in [1.82, 2.24) is 9.13 Å². The van der Waals surface area contributed by atoms with E-state index in [1.807, 2.05) is 0 Å². The first kappa shape index (κ1) is 26.8. The molecule has 0 bridgehead atoms. The summed E-state index contributed by atoms with van der Waals surface area (Å²) in [7, 11) is 0. The lowest BCUT2D eigenvalue weighted by Gasteiger charge is -2.20. The molecule has 2 heteroatoms. The van der Waals surface area contributed by atoms with E-state index in [2.05, 4.69) is 173 Å². The number of allylic oxidation sites excluding steroid dienone is 1. The Hall–Kier alpha value is -5.60. The van der Waals surface area contributed by atoms with E-state index in [0.29, 0.717) is 0 Å². The van der Waals surface area contributed by atoms with Crippen LogP contribution >= 0.6 is 0 Å². The lowest BCUT2D eigenvalue weighted by molar-refractivity contribution is 0.804. The summed E-state index contributed by atoms with van der Waals surface area (Å²) >= 11 is 0. The van der Waals surface area contributed by atoms with E-state index >= 15 is 0 Å². The molecule has 2 nitrogen and oxygen atoms in total. The number of benzene rings is 6. The molecule has 0 radical (unpaired) electrons. The van der Waals surface area contributed by atoms with Crippen LogP contribution in [0.4, 0.5) is 0 Å². The van der Waals surface area contributed by atoms with Crippen LogP contribution in [0.5, 0.6) is 0 Å². The highest BCUT2D eigenvalue weighted by molar-refractivity contribution is 6.09. The normalized spacial score (nSPS) is 13.4. The quantitative estimate of drug-likeness (QED) is 0.182. The summed E-state index contributed by atoms with van der Waals surface area (Å²) in [5, 5.41) is 3.95. The van der Waals surface area contributed by atoms with E-state index in [1.165, 1.54) is 72.0 Å². The Bertz CT molecular complexity index is 2320. The van der Waals surface area contributed by atoms with E-state index in [0.717, 1.165) is 19.3 Å². The minimum Gasteiger partial charge on any atom is -0.310 e. The maximum Gasteiger partial charge on any atom is 0.0541 e. The van der Waals surface area contributed by atoms with Crippen molar-refractivity contribution in [3.8, 4) is 11.4 Å². The third kappa shape index (κ3) is 4.41. The zero-order valence-electron chi connectivity index (χ0n) is 25.7. The Morgan fingerprint density at radius 1 is 0.478 bits per heavy atom. The van der Waals surface area contributed by atoms with Crippen molar-refractivity contribution in [2.75, 3.05) is 0 Å². The van der Waals surface area contributed by atoms with Gasteiger partial charge in [-0.3, -0.25) is 0 Å². The largest absolute Gasteiger partial charge is 0.310 e. The van der Waals surface area contributed by atoms with Gasteiger partial charge in [-0.1, -0.05) is 115 Å². The van der Waals surface area contributed by atoms with Gasteiger partial charge in [-0.25, -0.2) is 0 Å². The number of hydrogen-bond acceptors (Lipinski definition) is 0. The highest BCUT2D eigenvalue weighted by Gasteiger charge is 2.20. The van der Waals surface area contributed by atoms with Crippen LogP contribution in [-0.2, 0) is 12.8 Å². The molecule has 2 heterocycles. The van der Waals surface area contributed by atoms with Crippen LogP contribution in [0, 0.1) is 0 Å². The maximum atomic E-state index is 2.44. The number of aromatic nitrogens is 2. The van der Waals surface area contributed by atoms with E-state index in [1.54, 1.807) is 0 Å². The van der Waals surface area contributed by atoms with Gasteiger partial charge in [0, 0.05) is 39.1 Å². The first-order valence-corrected chi connectivity index (χ1v) is 16.4. The third-order valence-electron chi connectivity index (χ3n) is 9.83. The Kier molecular flexibility index (Phi) is 6.45. The number of para-hydroxylation sites is 3. The molecule has 2 aromatic heterocycles. The molecule has 0 saturated carbocycles. The lowest BCUT2D eigenvalue weighted by Crippen LogP contribution is -2.07. The Labute approximate surface area is 269 Å². The predicted molar refractivity (Wildman–Crippen MR) is 193 cm³/mol. The smallest absolute Gasteiger partial charge is 0.0541 e. The molecule has 9 rings (SSSR count). The van der Waals surface area contributed by atoms with Crippen LogP contribution in [-0.4, -0.2) is 9.13 Å². The van der Waals surface area contributed by atoms with Crippen molar-refractivity contribution in [2.24, 2.45) is 0 Å². The van der Waals surface area contributed by atoms with Gasteiger partial charge in [0.2, 0.25) is 0 Å². The van der Waals surface area contributed by atoms with Gasteiger partial charge < -0.3 is 9.13 Å². The number of aryl methyl sites for hydroxylation is 1. The van der Waals surface area contributed by atoms with Crippen LogP contribution < -0.4 is 0 Å². The van der Waals surface area contributed by atoms with Crippen molar-refractivity contribution >= 4 is 38.8 Å². The monoisotopic (exact) mass is 590 g/mol. The average Bonchev–Trinajstić information content (AvgIpc) is 3.65. The van der Waals surface area contributed by atoms with Crippen LogP contribution in [0.15, 0.2) is 158 Å². The second kappa shape index (κ2) is 11.1. The number of hydrogen-bond donors (Lipinski definition) is 0. The zero-order valence-corrected chi connectivity index (χ0v) is 25.7. The molecule has 1 aliphatic rings. The second-order valence-electron chi connectivity index (χ2n) is 12.5. The SMILES string of the molecule is C1=Cc2c(c3ccccc3n2-c2ccc(C(Cc3ccccc3)c3ccc(-n4c5ccccc5c5ccccc54)cc3)cc2)CC1. The van der Waals surface area contributed by atoms with Gasteiger partial charge in [0.05, 0.1) is 16.6 Å². The van der Waals surface area contributed by atoms with Gasteiger partial charge in [-0.2, -0.15) is 0 Å². The van der Waals surface area contributed by atoms with Gasteiger partial charge in [0.1, 0.15) is 0 Å². The molecule has 0 spiro atoms. The minimum absolute atomic E-state index is 0.235. The highest BCUT2D eigenvalue weighted by atomic mass is 15.0. The number of rotatable bonds is 6. The van der Waals surface area contributed by atoms with Crippen molar-refractivity contribution < 1.29 is 0 Å².